The van der Waals surface area contributed by atoms with Crippen molar-refractivity contribution in [3.05, 3.63) is 35.1 Å². The lowest BCUT2D eigenvalue weighted by Gasteiger charge is -2.04. The first-order valence-corrected chi connectivity index (χ1v) is 3.97. The average molecular weight is 184 g/mol. The molecule has 3 heteroatoms. The smallest absolute Gasteiger partial charge is 0.134 e. The summed E-state index contributed by atoms with van der Waals surface area (Å²) in [5, 5.41) is 0. The van der Waals surface area contributed by atoms with E-state index in [0.717, 1.165) is 0 Å². The summed E-state index contributed by atoms with van der Waals surface area (Å²) in [6.07, 6.45) is 0.0943. The molecular weight excluding hydrogens is 174 g/mol. The Balaban J connectivity index is 3.05. The summed E-state index contributed by atoms with van der Waals surface area (Å²) in [4.78, 5) is 10.7. The molecular formula is C10H10F2O. The fraction of sp³-hybridized carbons (Fsp3) is 0.300. The van der Waals surface area contributed by atoms with Gasteiger partial charge < -0.3 is 0 Å². The van der Waals surface area contributed by atoms with Gasteiger partial charge in [-0.25, -0.2) is 8.78 Å². The molecule has 0 amide bonds. The van der Waals surface area contributed by atoms with E-state index in [4.69, 9.17) is 0 Å². The number of carbonyl (C=O) groups excluding carboxylic acids is 1. The van der Waals surface area contributed by atoms with Gasteiger partial charge in [0.2, 0.25) is 0 Å². The van der Waals surface area contributed by atoms with Gasteiger partial charge in [-0.05, 0) is 18.6 Å². The first kappa shape index (κ1) is 9.84. The van der Waals surface area contributed by atoms with Gasteiger partial charge in [-0.2, -0.15) is 0 Å². The molecule has 0 spiro atoms. The second-order valence-corrected chi connectivity index (χ2v) is 2.89. The van der Waals surface area contributed by atoms with Gasteiger partial charge in [0.25, 0.3) is 0 Å². The van der Waals surface area contributed by atoms with Gasteiger partial charge in [-0.1, -0.05) is 12.1 Å². The second-order valence-electron chi connectivity index (χ2n) is 2.89. The molecule has 1 aromatic carbocycles. The van der Waals surface area contributed by atoms with Crippen molar-refractivity contribution in [3.8, 4) is 0 Å². The van der Waals surface area contributed by atoms with Gasteiger partial charge in [0.15, 0.2) is 0 Å². The highest BCUT2D eigenvalue weighted by Crippen LogP contribution is 2.15. The maximum Gasteiger partial charge on any atom is 0.134 e. The molecule has 1 nitrogen and oxygen atoms in total. The number of Topliss-reactive ketones (excluding diaryl/α,β-unsaturated/α-hetero) is 1. The number of ketones is 1. The van der Waals surface area contributed by atoms with E-state index >= 15 is 0 Å². The van der Waals surface area contributed by atoms with E-state index < -0.39 is 12.5 Å². The molecule has 0 saturated carbocycles. The van der Waals surface area contributed by atoms with Crippen molar-refractivity contribution in [2.75, 3.05) is 0 Å². The van der Waals surface area contributed by atoms with E-state index in [1.165, 1.54) is 19.1 Å². The summed E-state index contributed by atoms with van der Waals surface area (Å²) < 4.78 is 25.3. The molecule has 0 N–H and O–H groups in total. The van der Waals surface area contributed by atoms with Crippen LogP contribution < -0.4 is 0 Å². The highest BCUT2D eigenvalue weighted by atomic mass is 19.1. The van der Waals surface area contributed by atoms with Crippen LogP contribution in [-0.2, 0) is 17.9 Å². The lowest BCUT2D eigenvalue weighted by Crippen LogP contribution is -2.02. The van der Waals surface area contributed by atoms with Crippen LogP contribution in [0.3, 0.4) is 0 Å². The number of halogens is 2. The van der Waals surface area contributed by atoms with Crippen molar-refractivity contribution in [2.24, 2.45) is 0 Å². The molecule has 0 heterocycles. The summed E-state index contributed by atoms with van der Waals surface area (Å²) in [6.45, 7) is 0.530. The van der Waals surface area contributed by atoms with Crippen LogP contribution in [0.1, 0.15) is 18.1 Å². The molecule has 0 radical (unpaired) electrons. The summed E-state index contributed by atoms with van der Waals surface area (Å²) >= 11 is 0. The van der Waals surface area contributed by atoms with Gasteiger partial charge in [-0.15, -0.1) is 0 Å². The van der Waals surface area contributed by atoms with Crippen molar-refractivity contribution in [1.29, 1.82) is 0 Å². The molecule has 70 valence electrons. The van der Waals surface area contributed by atoms with Crippen LogP contribution in [0.15, 0.2) is 18.2 Å². The SMILES string of the molecule is CC(=O)Cc1cccc(F)c1CF. The average Bonchev–Trinajstić information content (AvgIpc) is 2.03. The van der Waals surface area contributed by atoms with E-state index in [0.29, 0.717) is 5.56 Å². The summed E-state index contributed by atoms with van der Waals surface area (Å²) in [7, 11) is 0. The van der Waals surface area contributed by atoms with Crippen molar-refractivity contribution in [2.45, 2.75) is 20.0 Å². The Morgan fingerprint density at radius 1 is 1.46 bits per heavy atom. The third-order valence-corrected chi connectivity index (χ3v) is 1.79. The number of hydrogen-bond acceptors (Lipinski definition) is 1. The molecule has 0 saturated heterocycles. The van der Waals surface area contributed by atoms with Crippen LogP contribution in [-0.4, -0.2) is 5.78 Å². The highest BCUT2D eigenvalue weighted by molar-refractivity contribution is 5.78. The third-order valence-electron chi connectivity index (χ3n) is 1.79. The monoisotopic (exact) mass is 184 g/mol. The van der Waals surface area contributed by atoms with Crippen LogP contribution in [0.5, 0.6) is 0 Å². The van der Waals surface area contributed by atoms with Crippen LogP contribution in [0.4, 0.5) is 8.78 Å². The summed E-state index contributed by atoms with van der Waals surface area (Å²) in [5.74, 6) is -0.679. The molecule has 0 bridgehead atoms. The standard InChI is InChI=1S/C10H10F2O/c1-7(13)5-8-3-2-4-10(12)9(8)6-11/h2-4H,5-6H2,1H3. The number of hydrogen-bond donors (Lipinski definition) is 0. The lowest BCUT2D eigenvalue weighted by atomic mass is 10.0. The van der Waals surface area contributed by atoms with Gasteiger partial charge in [0.05, 0.1) is 0 Å². The summed E-state index contributed by atoms with van der Waals surface area (Å²) in [6, 6.07) is 4.24. The number of rotatable bonds is 3. The van der Waals surface area contributed by atoms with Crippen molar-refractivity contribution < 1.29 is 13.6 Å². The molecule has 0 fully saturated rings. The van der Waals surface area contributed by atoms with Crippen LogP contribution >= 0.6 is 0 Å². The topological polar surface area (TPSA) is 17.1 Å². The predicted octanol–water partition coefficient (Wildman–Crippen LogP) is 2.43. The number of alkyl halides is 1. The quantitative estimate of drug-likeness (QED) is 0.705. The largest absolute Gasteiger partial charge is 0.300 e. The zero-order valence-electron chi connectivity index (χ0n) is 7.31. The highest BCUT2D eigenvalue weighted by Gasteiger charge is 2.08. The maximum atomic E-state index is 12.9. The van der Waals surface area contributed by atoms with Gasteiger partial charge in [0, 0.05) is 12.0 Å². The van der Waals surface area contributed by atoms with Crippen molar-refractivity contribution in [1.82, 2.24) is 0 Å². The second kappa shape index (κ2) is 4.12. The van der Waals surface area contributed by atoms with Crippen LogP contribution in [0.2, 0.25) is 0 Å². The lowest BCUT2D eigenvalue weighted by molar-refractivity contribution is -0.116. The molecule has 1 rings (SSSR count). The molecule has 13 heavy (non-hydrogen) atoms. The third kappa shape index (κ3) is 2.34. The van der Waals surface area contributed by atoms with Gasteiger partial charge >= 0.3 is 0 Å². The minimum Gasteiger partial charge on any atom is -0.300 e. The van der Waals surface area contributed by atoms with Crippen molar-refractivity contribution >= 4 is 5.78 Å². The first-order chi connectivity index (χ1) is 6.15. The fourth-order valence-electron chi connectivity index (χ4n) is 1.19. The van der Waals surface area contributed by atoms with E-state index in [1.807, 2.05) is 0 Å². The van der Waals surface area contributed by atoms with E-state index in [-0.39, 0.29) is 17.8 Å². The molecule has 0 aliphatic heterocycles. The zero-order chi connectivity index (χ0) is 9.84. The van der Waals surface area contributed by atoms with Crippen LogP contribution in [0, 0.1) is 5.82 Å². The fourth-order valence-corrected chi connectivity index (χ4v) is 1.19. The van der Waals surface area contributed by atoms with Crippen molar-refractivity contribution in [3.63, 3.8) is 0 Å². The number of benzene rings is 1. The Hall–Kier alpha value is -1.25. The van der Waals surface area contributed by atoms with E-state index in [9.17, 15) is 13.6 Å². The first-order valence-electron chi connectivity index (χ1n) is 3.97. The van der Waals surface area contributed by atoms with E-state index in [1.54, 1.807) is 6.07 Å². The molecule has 0 atom stereocenters. The molecule has 0 aliphatic carbocycles. The Labute approximate surface area is 75.4 Å². The minimum absolute atomic E-state index is 0.00213. The Kier molecular flexibility index (Phi) is 3.12. The molecule has 0 unspecified atom stereocenters. The zero-order valence-corrected chi connectivity index (χ0v) is 7.31. The Morgan fingerprint density at radius 3 is 2.69 bits per heavy atom. The Morgan fingerprint density at radius 2 is 2.15 bits per heavy atom. The van der Waals surface area contributed by atoms with Gasteiger partial charge in [-0.3, -0.25) is 4.79 Å². The van der Waals surface area contributed by atoms with Gasteiger partial charge in [0.1, 0.15) is 18.3 Å². The predicted molar refractivity (Wildman–Crippen MR) is 45.6 cm³/mol. The van der Waals surface area contributed by atoms with E-state index in [2.05, 4.69) is 0 Å². The Bertz CT molecular complexity index is 321. The maximum absolute atomic E-state index is 12.9. The molecule has 0 aromatic heterocycles. The minimum atomic E-state index is -0.866. The molecule has 0 aliphatic rings. The normalized spacial score (nSPS) is 10.1. The summed E-state index contributed by atoms with van der Waals surface area (Å²) in [5.41, 5.74) is 0.438. The molecule has 1 aromatic rings. The number of carbonyl (C=O) groups is 1. The van der Waals surface area contributed by atoms with Crippen LogP contribution in [0.25, 0.3) is 0 Å².